The predicted octanol–water partition coefficient (Wildman–Crippen LogP) is 3.67. The number of benzene rings is 1. The minimum Gasteiger partial charge on any atom is -0.323 e. The van der Waals surface area contributed by atoms with Crippen LogP contribution in [0.3, 0.4) is 0 Å². The van der Waals surface area contributed by atoms with Crippen LogP contribution in [0.2, 0.25) is 0 Å². The first kappa shape index (κ1) is 16.2. The van der Waals surface area contributed by atoms with Gasteiger partial charge < -0.3 is 10.6 Å². The fraction of sp³-hybridized carbons (Fsp3) is 0.647. The van der Waals surface area contributed by atoms with Gasteiger partial charge in [0.1, 0.15) is 0 Å². The summed E-state index contributed by atoms with van der Waals surface area (Å²) >= 11 is 0. The van der Waals surface area contributed by atoms with E-state index in [4.69, 9.17) is 5.73 Å². The Kier molecular flexibility index (Phi) is 6.53. The monoisotopic (exact) mass is 262 g/mol. The van der Waals surface area contributed by atoms with Gasteiger partial charge in [0.25, 0.3) is 0 Å². The molecule has 0 aliphatic heterocycles. The smallest absolute Gasteiger partial charge is 0.0427 e. The number of aryl methyl sites for hydroxylation is 2. The second-order valence-corrected chi connectivity index (χ2v) is 5.83. The molecular weight excluding hydrogens is 232 g/mol. The van der Waals surface area contributed by atoms with E-state index < -0.39 is 0 Å². The van der Waals surface area contributed by atoms with Crippen LogP contribution >= 0.6 is 0 Å². The summed E-state index contributed by atoms with van der Waals surface area (Å²) in [5.41, 5.74) is 10.3. The van der Waals surface area contributed by atoms with Crippen LogP contribution in [0.1, 0.15) is 49.9 Å². The van der Waals surface area contributed by atoms with Crippen LogP contribution < -0.4 is 5.73 Å². The first-order valence-corrected chi connectivity index (χ1v) is 7.53. The molecule has 0 saturated carbocycles. The quantitative estimate of drug-likeness (QED) is 0.812. The van der Waals surface area contributed by atoms with Gasteiger partial charge in [-0.05, 0) is 37.4 Å². The molecule has 108 valence electrons. The lowest BCUT2D eigenvalue weighted by atomic mass is 9.98. The summed E-state index contributed by atoms with van der Waals surface area (Å²) in [6.07, 6.45) is 1.23. The average molecular weight is 262 g/mol. The number of rotatable bonds is 7. The number of hydrogen-bond acceptors (Lipinski definition) is 2. The van der Waals surface area contributed by atoms with Crippen LogP contribution in [-0.4, -0.2) is 24.5 Å². The molecule has 2 unspecified atom stereocenters. The summed E-state index contributed by atoms with van der Waals surface area (Å²) < 4.78 is 0. The number of hydrogen-bond donors (Lipinski definition) is 1. The second kappa shape index (κ2) is 7.66. The minimum absolute atomic E-state index is 0.115. The summed E-state index contributed by atoms with van der Waals surface area (Å²) in [5.74, 6) is 0.741. The first-order chi connectivity index (χ1) is 8.97. The Balaban J connectivity index is 2.71. The fourth-order valence-corrected chi connectivity index (χ4v) is 2.44. The zero-order valence-electron chi connectivity index (χ0n) is 13.2. The van der Waals surface area contributed by atoms with Gasteiger partial charge in [0.05, 0.1) is 0 Å². The third-order valence-electron chi connectivity index (χ3n) is 4.00. The van der Waals surface area contributed by atoms with E-state index in [0.717, 1.165) is 25.6 Å². The number of likely N-dealkylation sites (N-methyl/N-ethyl adjacent to an activating group) is 1. The van der Waals surface area contributed by atoms with E-state index >= 15 is 0 Å². The summed E-state index contributed by atoms with van der Waals surface area (Å²) in [7, 11) is 0. The zero-order chi connectivity index (χ0) is 14.4. The highest BCUT2D eigenvalue weighted by atomic mass is 15.1. The van der Waals surface area contributed by atoms with Crippen molar-refractivity contribution in [1.82, 2.24) is 4.90 Å². The second-order valence-electron chi connectivity index (χ2n) is 5.83. The largest absolute Gasteiger partial charge is 0.323 e. The van der Waals surface area contributed by atoms with Crippen molar-refractivity contribution < 1.29 is 0 Å². The van der Waals surface area contributed by atoms with Crippen LogP contribution in [0.25, 0.3) is 0 Å². The van der Waals surface area contributed by atoms with Crippen molar-refractivity contribution in [3.8, 4) is 0 Å². The van der Waals surface area contributed by atoms with Gasteiger partial charge in [-0.2, -0.15) is 0 Å². The Bertz CT molecular complexity index is 387. The molecule has 1 aromatic carbocycles. The molecule has 2 atom stereocenters. The Morgan fingerprint density at radius 1 is 1.16 bits per heavy atom. The lowest BCUT2D eigenvalue weighted by Gasteiger charge is -2.27. The van der Waals surface area contributed by atoms with E-state index in [0.29, 0.717) is 0 Å². The Morgan fingerprint density at radius 2 is 1.84 bits per heavy atom. The van der Waals surface area contributed by atoms with Crippen molar-refractivity contribution in [2.45, 2.75) is 47.1 Å². The van der Waals surface area contributed by atoms with E-state index in [1.807, 2.05) is 0 Å². The van der Waals surface area contributed by atoms with Crippen molar-refractivity contribution in [1.29, 1.82) is 0 Å². The third-order valence-corrected chi connectivity index (χ3v) is 4.00. The molecule has 0 aliphatic rings. The Morgan fingerprint density at radius 3 is 2.42 bits per heavy atom. The molecule has 1 aromatic rings. The van der Waals surface area contributed by atoms with Gasteiger partial charge in [0, 0.05) is 19.1 Å². The van der Waals surface area contributed by atoms with Crippen molar-refractivity contribution in [3.05, 3.63) is 34.9 Å². The van der Waals surface area contributed by atoms with E-state index in [1.54, 1.807) is 0 Å². The maximum Gasteiger partial charge on any atom is 0.0427 e. The van der Waals surface area contributed by atoms with Crippen molar-refractivity contribution >= 4 is 0 Å². The van der Waals surface area contributed by atoms with Gasteiger partial charge in [0.15, 0.2) is 0 Å². The average Bonchev–Trinajstić information content (AvgIpc) is 2.40. The third kappa shape index (κ3) is 4.96. The molecule has 0 amide bonds. The van der Waals surface area contributed by atoms with Gasteiger partial charge in [-0.3, -0.25) is 0 Å². The van der Waals surface area contributed by atoms with E-state index in [2.05, 4.69) is 57.7 Å². The highest BCUT2D eigenvalue weighted by molar-refractivity contribution is 5.33. The number of nitrogens with zero attached hydrogens (tertiary/aromatic N) is 1. The normalized spacial score (nSPS) is 14.7. The molecule has 2 nitrogen and oxygen atoms in total. The fourth-order valence-electron chi connectivity index (χ4n) is 2.44. The summed E-state index contributed by atoms with van der Waals surface area (Å²) in [6, 6.07) is 6.68. The van der Waals surface area contributed by atoms with Gasteiger partial charge >= 0.3 is 0 Å². The summed E-state index contributed by atoms with van der Waals surface area (Å²) in [6.45, 7) is 14.2. The molecule has 2 heteroatoms. The van der Waals surface area contributed by atoms with Crippen LogP contribution in [0.15, 0.2) is 18.2 Å². The van der Waals surface area contributed by atoms with Crippen LogP contribution in [0.4, 0.5) is 0 Å². The molecular formula is C17H30N2. The standard InChI is InChI=1S/C17H30N2/c1-6-13(3)11-19(7-2)12-17(18)16-10-14(4)8-9-15(16)5/h8-10,13,17H,6-7,11-12,18H2,1-5H3. The highest BCUT2D eigenvalue weighted by Crippen LogP contribution is 2.19. The van der Waals surface area contributed by atoms with Gasteiger partial charge in [0.2, 0.25) is 0 Å². The topological polar surface area (TPSA) is 29.3 Å². The molecule has 0 saturated heterocycles. The minimum atomic E-state index is 0.115. The van der Waals surface area contributed by atoms with Crippen LogP contribution in [-0.2, 0) is 0 Å². The van der Waals surface area contributed by atoms with Crippen molar-refractivity contribution in [3.63, 3.8) is 0 Å². The maximum atomic E-state index is 6.42. The maximum absolute atomic E-state index is 6.42. The van der Waals surface area contributed by atoms with Crippen LogP contribution in [0, 0.1) is 19.8 Å². The van der Waals surface area contributed by atoms with Crippen molar-refractivity contribution in [2.24, 2.45) is 11.7 Å². The Labute approximate surface area is 119 Å². The van der Waals surface area contributed by atoms with E-state index in [9.17, 15) is 0 Å². The lowest BCUT2D eigenvalue weighted by molar-refractivity contribution is 0.232. The number of nitrogens with two attached hydrogens (primary N) is 1. The van der Waals surface area contributed by atoms with Gasteiger partial charge in [-0.25, -0.2) is 0 Å². The first-order valence-electron chi connectivity index (χ1n) is 7.53. The molecule has 0 spiro atoms. The summed E-state index contributed by atoms with van der Waals surface area (Å²) in [4.78, 5) is 2.47. The van der Waals surface area contributed by atoms with Gasteiger partial charge in [-0.15, -0.1) is 0 Å². The summed E-state index contributed by atoms with van der Waals surface area (Å²) in [5, 5.41) is 0. The Hall–Kier alpha value is -0.860. The molecule has 0 heterocycles. The molecule has 0 fully saturated rings. The molecule has 19 heavy (non-hydrogen) atoms. The zero-order valence-corrected chi connectivity index (χ0v) is 13.2. The molecule has 0 radical (unpaired) electrons. The molecule has 0 aromatic heterocycles. The van der Waals surface area contributed by atoms with Crippen molar-refractivity contribution in [2.75, 3.05) is 19.6 Å². The highest BCUT2D eigenvalue weighted by Gasteiger charge is 2.14. The molecule has 0 bridgehead atoms. The predicted molar refractivity (Wildman–Crippen MR) is 84.4 cm³/mol. The molecule has 0 aliphatic carbocycles. The molecule has 2 N–H and O–H groups in total. The molecule has 1 rings (SSSR count). The van der Waals surface area contributed by atoms with E-state index in [-0.39, 0.29) is 6.04 Å². The lowest BCUT2D eigenvalue weighted by Crippen LogP contribution is -2.35. The SMILES string of the molecule is CCC(C)CN(CC)CC(N)c1cc(C)ccc1C. The van der Waals surface area contributed by atoms with Crippen LogP contribution in [0.5, 0.6) is 0 Å². The van der Waals surface area contributed by atoms with Gasteiger partial charge in [-0.1, -0.05) is 51.0 Å². The van der Waals surface area contributed by atoms with E-state index in [1.165, 1.54) is 23.1 Å².